The van der Waals surface area contributed by atoms with E-state index in [1.54, 1.807) is 24.3 Å². The van der Waals surface area contributed by atoms with Crippen molar-refractivity contribution in [3.05, 3.63) is 76.6 Å². The fourth-order valence-corrected chi connectivity index (χ4v) is 2.75. The Balaban J connectivity index is 1.86. The molecule has 0 fully saturated rings. The minimum atomic E-state index is -4.41. The van der Waals surface area contributed by atoms with E-state index in [4.69, 9.17) is 4.55 Å². The van der Waals surface area contributed by atoms with Gasteiger partial charge in [-0.3, -0.25) is 19.2 Å². The number of carbonyl (C=O) groups excluding carboxylic acids is 1. The molecule has 3 N–H and O–H groups in total. The Kier molecular flexibility index (Phi) is 4.26. The molecule has 3 rings (SSSR count). The van der Waals surface area contributed by atoms with Crippen LogP contribution in [0.3, 0.4) is 0 Å². The van der Waals surface area contributed by atoms with Gasteiger partial charge in [-0.15, -0.1) is 0 Å². The molecule has 2 aromatic carbocycles. The summed E-state index contributed by atoms with van der Waals surface area (Å²) in [4.78, 5) is 23.9. The number of rotatable bonds is 4. The summed E-state index contributed by atoms with van der Waals surface area (Å²) in [6.07, 6.45) is 0. The van der Waals surface area contributed by atoms with Gasteiger partial charge in [0.15, 0.2) is 0 Å². The number of nitrogens with zero attached hydrogens (tertiary/aromatic N) is 1. The number of aromatic amines is 1. The normalized spacial score (nSPS) is 11.2. The van der Waals surface area contributed by atoms with Crippen LogP contribution in [0.4, 0.5) is 5.82 Å². The molecule has 0 spiro atoms. The molecule has 1 amide bonds. The molecule has 0 saturated carbocycles. The molecule has 9 heteroatoms. The summed E-state index contributed by atoms with van der Waals surface area (Å²) in [5.41, 5.74) is 0.248. The average molecular weight is 359 g/mol. The first-order chi connectivity index (χ1) is 11.8. The Morgan fingerprint density at radius 1 is 1.04 bits per heavy atom. The van der Waals surface area contributed by atoms with Crippen LogP contribution in [0.2, 0.25) is 0 Å². The molecule has 0 saturated heterocycles. The Labute approximate surface area is 142 Å². The predicted molar refractivity (Wildman–Crippen MR) is 90.6 cm³/mol. The highest BCUT2D eigenvalue weighted by atomic mass is 32.2. The molecule has 128 valence electrons. The van der Waals surface area contributed by atoms with E-state index in [0.29, 0.717) is 5.69 Å². The van der Waals surface area contributed by atoms with E-state index in [0.717, 1.165) is 6.07 Å². The molecule has 0 aliphatic heterocycles. The summed E-state index contributed by atoms with van der Waals surface area (Å²) in [5.74, 6) is -0.483. The molecule has 0 aliphatic rings. The third-order valence-corrected chi connectivity index (χ3v) is 4.23. The molecule has 0 bridgehead atoms. The van der Waals surface area contributed by atoms with Gasteiger partial charge in [-0.25, -0.2) is 4.68 Å². The van der Waals surface area contributed by atoms with Crippen molar-refractivity contribution in [3.63, 3.8) is 0 Å². The second-order valence-corrected chi connectivity index (χ2v) is 6.56. The van der Waals surface area contributed by atoms with Crippen molar-refractivity contribution < 1.29 is 17.8 Å². The number of carbonyl (C=O) groups is 1. The third kappa shape index (κ3) is 3.67. The number of amides is 1. The maximum Gasteiger partial charge on any atom is 0.294 e. The third-order valence-electron chi connectivity index (χ3n) is 3.38. The number of hydrogen-bond donors (Lipinski definition) is 3. The van der Waals surface area contributed by atoms with Gasteiger partial charge < -0.3 is 5.32 Å². The Hall–Kier alpha value is -3.17. The van der Waals surface area contributed by atoms with E-state index in [1.165, 1.54) is 28.9 Å². The molecule has 0 radical (unpaired) electrons. The fourth-order valence-electron chi connectivity index (χ4n) is 2.22. The van der Waals surface area contributed by atoms with Gasteiger partial charge in [0.05, 0.1) is 10.6 Å². The van der Waals surface area contributed by atoms with Crippen LogP contribution in [0.1, 0.15) is 10.4 Å². The average Bonchev–Trinajstić information content (AvgIpc) is 2.95. The molecule has 0 aliphatic carbocycles. The van der Waals surface area contributed by atoms with E-state index in [-0.39, 0.29) is 16.9 Å². The maximum absolute atomic E-state index is 12.2. The number of nitrogens with one attached hydrogen (secondary N) is 2. The quantitative estimate of drug-likeness (QED) is 0.612. The standard InChI is InChI=1S/C16H13N3O5S/c20-15-10-14(18-19(15)12-6-2-1-3-7-12)17-16(21)11-5-4-8-13(9-11)25(22,23)24/h1-10,18H,(H,17,21)(H,22,23,24). The van der Waals surface area contributed by atoms with E-state index in [9.17, 15) is 18.0 Å². The predicted octanol–water partition coefficient (Wildman–Crippen LogP) is 1.66. The zero-order valence-electron chi connectivity index (χ0n) is 12.7. The smallest absolute Gasteiger partial charge is 0.294 e. The van der Waals surface area contributed by atoms with E-state index in [1.807, 2.05) is 6.07 Å². The lowest BCUT2D eigenvalue weighted by Crippen LogP contribution is -2.14. The van der Waals surface area contributed by atoms with Gasteiger partial charge in [0.25, 0.3) is 21.6 Å². The van der Waals surface area contributed by atoms with Gasteiger partial charge in [-0.1, -0.05) is 24.3 Å². The van der Waals surface area contributed by atoms with Gasteiger partial charge in [0, 0.05) is 11.6 Å². The highest BCUT2D eigenvalue weighted by Crippen LogP contribution is 2.13. The molecule has 3 aromatic rings. The Morgan fingerprint density at radius 3 is 2.44 bits per heavy atom. The van der Waals surface area contributed by atoms with Crippen molar-refractivity contribution in [2.75, 3.05) is 5.32 Å². The number of aromatic nitrogens is 2. The van der Waals surface area contributed by atoms with Crippen LogP contribution >= 0.6 is 0 Å². The van der Waals surface area contributed by atoms with Gasteiger partial charge in [-0.05, 0) is 30.3 Å². The number of H-pyrrole nitrogens is 1. The van der Waals surface area contributed by atoms with Crippen molar-refractivity contribution in [2.45, 2.75) is 4.90 Å². The first-order valence-electron chi connectivity index (χ1n) is 7.11. The number of para-hydroxylation sites is 1. The first-order valence-corrected chi connectivity index (χ1v) is 8.55. The number of anilines is 1. The molecule has 8 nitrogen and oxygen atoms in total. The van der Waals surface area contributed by atoms with E-state index < -0.39 is 20.9 Å². The monoisotopic (exact) mass is 359 g/mol. The van der Waals surface area contributed by atoms with Crippen LogP contribution in [0, 0.1) is 0 Å². The molecular weight excluding hydrogens is 346 g/mol. The van der Waals surface area contributed by atoms with Crippen molar-refractivity contribution in [3.8, 4) is 5.69 Å². The molecule has 0 unspecified atom stereocenters. The summed E-state index contributed by atoms with van der Waals surface area (Å²) in [7, 11) is -4.41. The summed E-state index contributed by atoms with van der Waals surface area (Å²) >= 11 is 0. The Morgan fingerprint density at radius 2 is 1.76 bits per heavy atom. The van der Waals surface area contributed by atoms with Gasteiger partial charge in [0.2, 0.25) is 0 Å². The minimum absolute atomic E-state index is 0.0171. The zero-order chi connectivity index (χ0) is 18.0. The summed E-state index contributed by atoms with van der Waals surface area (Å²) < 4.78 is 32.6. The lowest BCUT2D eigenvalue weighted by molar-refractivity contribution is 0.102. The molecule has 1 aromatic heterocycles. The first kappa shape index (κ1) is 16.7. The summed E-state index contributed by atoms with van der Waals surface area (Å²) in [6.45, 7) is 0. The lowest BCUT2D eigenvalue weighted by Gasteiger charge is -2.05. The number of hydrogen-bond acceptors (Lipinski definition) is 4. The zero-order valence-corrected chi connectivity index (χ0v) is 13.5. The van der Waals surface area contributed by atoms with Gasteiger partial charge >= 0.3 is 0 Å². The van der Waals surface area contributed by atoms with E-state index >= 15 is 0 Å². The summed E-state index contributed by atoms with van der Waals surface area (Å²) in [5, 5.41) is 5.22. The SMILES string of the molecule is O=C(Nc1cc(=O)n(-c2ccccc2)[nH]1)c1cccc(S(=O)(=O)O)c1. The minimum Gasteiger partial charge on any atom is -0.307 e. The number of benzene rings is 2. The van der Waals surface area contributed by atoms with Crippen molar-refractivity contribution >= 4 is 21.8 Å². The highest BCUT2D eigenvalue weighted by molar-refractivity contribution is 7.85. The summed E-state index contributed by atoms with van der Waals surface area (Å²) in [6, 6.07) is 14.9. The van der Waals surface area contributed by atoms with Crippen LogP contribution in [-0.2, 0) is 10.1 Å². The van der Waals surface area contributed by atoms with E-state index in [2.05, 4.69) is 10.4 Å². The molecule has 25 heavy (non-hydrogen) atoms. The second kappa shape index (κ2) is 6.38. The van der Waals surface area contributed by atoms with Gasteiger partial charge in [0.1, 0.15) is 5.82 Å². The Bertz CT molecular complexity index is 1080. The van der Waals surface area contributed by atoms with Crippen LogP contribution in [0.5, 0.6) is 0 Å². The van der Waals surface area contributed by atoms with Crippen LogP contribution in [0.15, 0.2) is 70.4 Å². The molecular formula is C16H13N3O5S. The fraction of sp³-hybridized carbons (Fsp3) is 0. The maximum atomic E-state index is 12.2. The van der Waals surface area contributed by atoms with Crippen molar-refractivity contribution in [2.24, 2.45) is 0 Å². The molecule has 1 heterocycles. The van der Waals surface area contributed by atoms with Crippen molar-refractivity contribution in [1.29, 1.82) is 0 Å². The van der Waals surface area contributed by atoms with Crippen LogP contribution < -0.4 is 10.9 Å². The van der Waals surface area contributed by atoms with Crippen LogP contribution in [-0.4, -0.2) is 28.7 Å². The largest absolute Gasteiger partial charge is 0.307 e. The van der Waals surface area contributed by atoms with Crippen LogP contribution in [0.25, 0.3) is 5.69 Å². The second-order valence-electron chi connectivity index (χ2n) is 5.14. The highest BCUT2D eigenvalue weighted by Gasteiger charge is 2.14. The van der Waals surface area contributed by atoms with Crippen molar-refractivity contribution in [1.82, 2.24) is 9.78 Å². The topological polar surface area (TPSA) is 121 Å². The molecule has 0 atom stereocenters. The lowest BCUT2D eigenvalue weighted by atomic mass is 10.2. The van der Waals surface area contributed by atoms with Gasteiger partial charge in [-0.2, -0.15) is 8.42 Å².